The number of aliphatic hydroxyl groups excluding tert-OH is 1. The molecule has 9 heteroatoms. The third-order valence-corrected chi connectivity index (χ3v) is 4.75. The molecular formula is C11H13FN2O5S. The van der Waals surface area contributed by atoms with Gasteiger partial charge in [-0.05, 0) is 25.0 Å². The first-order chi connectivity index (χ1) is 9.30. The largest absolute Gasteiger partial charge is 0.396 e. The molecule has 0 heterocycles. The summed E-state index contributed by atoms with van der Waals surface area (Å²) in [5.74, 6) is -1.09. The van der Waals surface area contributed by atoms with Crippen molar-refractivity contribution in [2.24, 2.45) is 5.41 Å². The zero-order valence-corrected chi connectivity index (χ0v) is 11.2. The molecule has 0 atom stereocenters. The number of nitrogens with zero attached hydrogens (tertiary/aromatic N) is 1. The Hall–Kier alpha value is -1.58. The minimum atomic E-state index is -3.97. The molecule has 0 aromatic heterocycles. The van der Waals surface area contributed by atoms with Gasteiger partial charge in [-0.15, -0.1) is 0 Å². The van der Waals surface area contributed by atoms with E-state index in [1.54, 1.807) is 0 Å². The van der Waals surface area contributed by atoms with Crippen LogP contribution in [0.15, 0.2) is 23.1 Å². The summed E-state index contributed by atoms with van der Waals surface area (Å²) in [6, 6.07) is 2.38. The summed E-state index contributed by atoms with van der Waals surface area (Å²) < 4.78 is 39.4. The number of hydrogen-bond donors (Lipinski definition) is 2. The van der Waals surface area contributed by atoms with Crippen LogP contribution >= 0.6 is 0 Å². The first kappa shape index (κ1) is 14.8. The van der Waals surface area contributed by atoms with Gasteiger partial charge < -0.3 is 5.11 Å². The van der Waals surface area contributed by atoms with E-state index < -0.39 is 31.9 Å². The molecule has 20 heavy (non-hydrogen) atoms. The Kier molecular flexibility index (Phi) is 3.76. The van der Waals surface area contributed by atoms with Gasteiger partial charge in [-0.3, -0.25) is 10.1 Å². The minimum absolute atomic E-state index is 0.0526. The lowest BCUT2D eigenvalue weighted by Crippen LogP contribution is -2.32. The summed E-state index contributed by atoms with van der Waals surface area (Å²) >= 11 is 0. The molecule has 1 aromatic rings. The predicted molar refractivity (Wildman–Crippen MR) is 67.0 cm³/mol. The lowest BCUT2D eigenvalue weighted by molar-refractivity contribution is -0.387. The van der Waals surface area contributed by atoms with Crippen molar-refractivity contribution in [2.45, 2.75) is 17.7 Å². The van der Waals surface area contributed by atoms with Crippen LogP contribution in [0.1, 0.15) is 12.8 Å². The first-order valence-electron chi connectivity index (χ1n) is 5.84. The normalized spacial score (nSPS) is 16.9. The van der Waals surface area contributed by atoms with Crippen molar-refractivity contribution in [1.29, 1.82) is 0 Å². The monoisotopic (exact) mass is 304 g/mol. The van der Waals surface area contributed by atoms with Crippen LogP contribution in [0.5, 0.6) is 0 Å². The molecular weight excluding hydrogens is 291 g/mol. The van der Waals surface area contributed by atoms with Crippen LogP contribution in [0.2, 0.25) is 0 Å². The molecule has 1 aliphatic carbocycles. The number of nitro groups is 1. The van der Waals surface area contributed by atoms with Crippen LogP contribution < -0.4 is 4.72 Å². The predicted octanol–water partition coefficient (Wildman–Crippen LogP) is 0.785. The summed E-state index contributed by atoms with van der Waals surface area (Å²) in [6.07, 6.45) is 1.44. The van der Waals surface area contributed by atoms with Gasteiger partial charge >= 0.3 is 5.69 Å². The maximum Gasteiger partial charge on any atom is 0.306 e. The van der Waals surface area contributed by atoms with Crippen molar-refractivity contribution in [2.75, 3.05) is 13.2 Å². The summed E-state index contributed by atoms with van der Waals surface area (Å²) in [7, 11) is -3.97. The average Bonchev–Trinajstić information content (AvgIpc) is 3.17. The zero-order chi connectivity index (χ0) is 15.0. The van der Waals surface area contributed by atoms with Gasteiger partial charge in [0.1, 0.15) is 0 Å². The molecule has 1 fully saturated rings. The third-order valence-electron chi connectivity index (χ3n) is 3.35. The van der Waals surface area contributed by atoms with Gasteiger partial charge in [-0.1, -0.05) is 0 Å². The molecule has 0 spiro atoms. The van der Waals surface area contributed by atoms with Gasteiger partial charge in [0.15, 0.2) is 0 Å². The SMILES string of the molecule is O=[N+]([O-])c1cc(S(=O)(=O)NCC2(CO)CC2)ccc1F. The topological polar surface area (TPSA) is 110 Å². The number of nitro benzene ring substituents is 1. The van der Waals surface area contributed by atoms with E-state index in [1.165, 1.54) is 0 Å². The Morgan fingerprint density at radius 1 is 1.45 bits per heavy atom. The van der Waals surface area contributed by atoms with Crippen molar-refractivity contribution < 1.29 is 22.8 Å². The highest BCUT2D eigenvalue weighted by Gasteiger charge is 2.42. The van der Waals surface area contributed by atoms with Crippen molar-refractivity contribution >= 4 is 15.7 Å². The molecule has 0 radical (unpaired) electrons. The number of benzene rings is 1. The minimum Gasteiger partial charge on any atom is -0.396 e. The molecule has 0 saturated heterocycles. The second-order valence-electron chi connectivity index (χ2n) is 4.85. The number of nitrogens with one attached hydrogen (secondary N) is 1. The fourth-order valence-electron chi connectivity index (χ4n) is 1.70. The summed E-state index contributed by atoms with van der Waals surface area (Å²) in [6.45, 7) is -0.0733. The molecule has 1 saturated carbocycles. The lowest BCUT2D eigenvalue weighted by atomic mass is 10.1. The van der Waals surface area contributed by atoms with Crippen molar-refractivity contribution in [3.05, 3.63) is 34.1 Å². The third kappa shape index (κ3) is 2.94. The van der Waals surface area contributed by atoms with Crippen LogP contribution in [0.25, 0.3) is 0 Å². The fraction of sp³-hybridized carbons (Fsp3) is 0.455. The van der Waals surface area contributed by atoms with Crippen LogP contribution in [0.4, 0.5) is 10.1 Å². The fourth-order valence-corrected chi connectivity index (χ4v) is 2.88. The van der Waals surface area contributed by atoms with Crippen LogP contribution in [0, 0.1) is 21.3 Å². The zero-order valence-electron chi connectivity index (χ0n) is 10.4. The lowest BCUT2D eigenvalue weighted by Gasteiger charge is -2.13. The van der Waals surface area contributed by atoms with Gasteiger partial charge in [0.05, 0.1) is 9.82 Å². The van der Waals surface area contributed by atoms with Crippen LogP contribution in [0.3, 0.4) is 0 Å². The second-order valence-corrected chi connectivity index (χ2v) is 6.62. The Labute approximate surface area is 114 Å². The van der Waals surface area contributed by atoms with Crippen LogP contribution in [-0.2, 0) is 10.0 Å². The quantitative estimate of drug-likeness (QED) is 0.596. The Bertz CT molecular complexity index is 642. The number of aliphatic hydroxyl groups is 1. The van der Waals surface area contributed by atoms with Crippen molar-refractivity contribution in [1.82, 2.24) is 4.72 Å². The number of hydrogen-bond acceptors (Lipinski definition) is 5. The maximum absolute atomic E-state index is 13.2. The van der Waals surface area contributed by atoms with Crippen molar-refractivity contribution in [3.8, 4) is 0 Å². The molecule has 2 N–H and O–H groups in total. The molecule has 1 aromatic carbocycles. The highest BCUT2D eigenvalue weighted by molar-refractivity contribution is 7.89. The van der Waals surface area contributed by atoms with Gasteiger partial charge in [0.2, 0.25) is 15.8 Å². The molecule has 1 aliphatic rings. The average molecular weight is 304 g/mol. The number of sulfonamides is 1. The highest BCUT2D eigenvalue weighted by Crippen LogP contribution is 2.44. The smallest absolute Gasteiger partial charge is 0.306 e. The molecule has 0 unspecified atom stereocenters. The van der Waals surface area contributed by atoms with E-state index in [4.69, 9.17) is 5.11 Å². The summed E-state index contributed by atoms with van der Waals surface area (Å²) in [4.78, 5) is 9.23. The standard InChI is InChI=1S/C11H13FN2O5S/c12-9-2-1-8(5-10(9)14(16)17)20(18,19)13-6-11(7-15)3-4-11/h1-2,5,13,15H,3-4,6-7H2. The molecule has 0 aliphatic heterocycles. The number of halogens is 1. The van der Waals surface area contributed by atoms with Gasteiger partial charge in [-0.2, -0.15) is 4.39 Å². The molecule has 0 amide bonds. The van der Waals surface area contributed by atoms with E-state index >= 15 is 0 Å². The highest BCUT2D eigenvalue weighted by atomic mass is 32.2. The molecule has 7 nitrogen and oxygen atoms in total. The Morgan fingerprint density at radius 2 is 2.10 bits per heavy atom. The molecule has 110 valence electrons. The Morgan fingerprint density at radius 3 is 2.60 bits per heavy atom. The van der Waals surface area contributed by atoms with Gasteiger partial charge in [0, 0.05) is 24.6 Å². The van der Waals surface area contributed by atoms with E-state index in [-0.39, 0.29) is 18.0 Å². The molecule has 2 rings (SSSR count). The van der Waals surface area contributed by atoms with E-state index in [0.29, 0.717) is 6.07 Å². The van der Waals surface area contributed by atoms with E-state index in [0.717, 1.165) is 25.0 Å². The van der Waals surface area contributed by atoms with Crippen LogP contribution in [-0.4, -0.2) is 31.6 Å². The van der Waals surface area contributed by atoms with Gasteiger partial charge in [-0.25, -0.2) is 13.1 Å². The summed E-state index contributed by atoms with van der Waals surface area (Å²) in [5.41, 5.74) is -1.32. The van der Waals surface area contributed by atoms with E-state index in [2.05, 4.69) is 4.72 Å². The first-order valence-corrected chi connectivity index (χ1v) is 7.32. The van der Waals surface area contributed by atoms with E-state index in [9.17, 15) is 22.9 Å². The Balaban J connectivity index is 2.21. The summed E-state index contributed by atoms with van der Waals surface area (Å²) in [5, 5.41) is 19.7. The maximum atomic E-state index is 13.2. The number of rotatable bonds is 6. The van der Waals surface area contributed by atoms with Crippen molar-refractivity contribution in [3.63, 3.8) is 0 Å². The van der Waals surface area contributed by atoms with E-state index in [1.807, 2.05) is 0 Å². The second kappa shape index (κ2) is 5.08. The molecule has 0 bridgehead atoms. The van der Waals surface area contributed by atoms with Gasteiger partial charge in [0.25, 0.3) is 0 Å².